The zero-order valence-corrected chi connectivity index (χ0v) is 14.6. The highest BCUT2D eigenvalue weighted by molar-refractivity contribution is 5.96. The summed E-state index contributed by atoms with van der Waals surface area (Å²) in [5, 5.41) is 7.92. The lowest BCUT2D eigenvalue weighted by atomic mass is 10.1. The van der Waals surface area contributed by atoms with E-state index in [-0.39, 0.29) is 36.1 Å². The first-order chi connectivity index (χ1) is 11.2. The fourth-order valence-electron chi connectivity index (χ4n) is 1.72. The van der Waals surface area contributed by atoms with E-state index >= 15 is 0 Å². The molecule has 0 aliphatic heterocycles. The van der Waals surface area contributed by atoms with E-state index in [0.29, 0.717) is 11.4 Å². The third-order valence-corrected chi connectivity index (χ3v) is 3.40. The number of carbonyl (C=O) groups is 3. The van der Waals surface area contributed by atoms with Crippen LogP contribution in [-0.2, 0) is 14.4 Å². The molecule has 24 heavy (non-hydrogen) atoms. The Bertz CT molecular complexity index is 582. The van der Waals surface area contributed by atoms with E-state index < -0.39 is 6.04 Å². The summed E-state index contributed by atoms with van der Waals surface area (Å²) in [6.07, 6.45) is 0. The summed E-state index contributed by atoms with van der Waals surface area (Å²) in [7, 11) is 0. The Kier molecular flexibility index (Phi) is 7.38. The summed E-state index contributed by atoms with van der Waals surface area (Å²) >= 11 is 0. The quantitative estimate of drug-likeness (QED) is 0.602. The Morgan fingerprint density at radius 2 is 1.42 bits per heavy atom. The molecule has 5 N–H and O–H groups in total. The molecular weight excluding hydrogens is 308 g/mol. The van der Waals surface area contributed by atoms with Crippen molar-refractivity contribution in [1.82, 2.24) is 5.32 Å². The van der Waals surface area contributed by atoms with Gasteiger partial charge in [0.15, 0.2) is 0 Å². The number of hydrogen-bond acceptors (Lipinski definition) is 4. The molecule has 1 aromatic carbocycles. The molecule has 132 valence electrons. The lowest BCUT2D eigenvalue weighted by molar-refractivity contribution is -0.125. The Balaban J connectivity index is 2.47. The van der Waals surface area contributed by atoms with Crippen LogP contribution in [0, 0.1) is 11.8 Å². The van der Waals surface area contributed by atoms with Gasteiger partial charge >= 0.3 is 0 Å². The molecule has 0 bridgehead atoms. The smallest absolute Gasteiger partial charge is 0.243 e. The number of hydrogen-bond donors (Lipinski definition) is 4. The second-order valence-electron chi connectivity index (χ2n) is 6.26. The molecule has 0 saturated heterocycles. The van der Waals surface area contributed by atoms with Gasteiger partial charge in [0.25, 0.3) is 0 Å². The van der Waals surface area contributed by atoms with Gasteiger partial charge in [-0.25, -0.2) is 0 Å². The number of carbonyl (C=O) groups excluding carboxylic acids is 3. The number of amides is 3. The van der Waals surface area contributed by atoms with Crippen LogP contribution in [0.15, 0.2) is 24.3 Å². The molecule has 7 heteroatoms. The predicted octanol–water partition coefficient (Wildman–Crippen LogP) is 1.32. The highest BCUT2D eigenvalue weighted by atomic mass is 16.2. The summed E-state index contributed by atoms with van der Waals surface area (Å²) in [4.78, 5) is 35.1. The molecule has 0 saturated carbocycles. The van der Waals surface area contributed by atoms with Gasteiger partial charge in [-0.15, -0.1) is 0 Å². The van der Waals surface area contributed by atoms with Crippen molar-refractivity contribution in [2.24, 2.45) is 17.6 Å². The molecule has 0 fully saturated rings. The zero-order chi connectivity index (χ0) is 18.3. The lowest BCUT2D eigenvalue weighted by Gasteiger charge is -2.15. The first-order valence-electron chi connectivity index (χ1n) is 7.94. The van der Waals surface area contributed by atoms with Crippen LogP contribution in [0.3, 0.4) is 0 Å². The highest BCUT2D eigenvalue weighted by Gasteiger charge is 2.17. The molecule has 1 rings (SSSR count). The van der Waals surface area contributed by atoms with Crippen LogP contribution < -0.4 is 21.7 Å². The Morgan fingerprint density at radius 1 is 0.917 bits per heavy atom. The predicted molar refractivity (Wildman–Crippen MR) is 94.4 cm³/mol. The maximum Gasteiger partial charge on any atom is 0.243 e. The average Bonchev–Trinajstić information content (AvgIpc) is 2.53. The Hall–Kier alpha value is -2.41. The third-order valence-electron chi connectivity index (χ3n) is 3.40. The van der Waals surface area contributed by atoms with E-state index in [2.05, 4.69) is 16.0 Å². The summed E-state index contributed by atoms with van der Waals surface area (Å²) in [5.74, 6) is -0.881. The fraction of sp³-hybridized carbons (Fsp3) is 0.471. The second kappa shape index (κ2) is 9.02. The molecule has 1 aromatic rings. The average molecular weight is 334 g/mol. The summed E-state index contributed by atoms with van der Waals surface area (Å²) in [6.45, 7) is 7.14. The van der Waals surface area contributed by atoms with Gasteiger partial charge in [-0.3, -0.25) is 14.4 Å². The van der Waals surface area contributed by atoms with E-state index in [1.165, 1.54) is 0 Å². The van der Waals surface area contributed by atoms with Crippen LogP contribution in [0.5, 0.6) is 0 Å². The molecule has 1 atom stereocenters. The highest BCUT2D eigenvalue weighted by Crippen LogP contribution is 2.14. The molecule has 7 nitrogen and oxygen atoms in total. The van der Waals surface area contributed by atoms with Crippen LogP contribution in [0.2, 0.25) is 0 Å². The maximum absolute atomic E-state index is 11.8. The van der Waals surface area contributed by atoms with Gasteiger partial charge < -0.3 is 21.7 Å². The monoisotopic (exact) mass is 334 g/mol. The molecule has 0 spiro atoms. The van der Waals surface area contributed by atoms with Gasteiger partial charge in [0.05, 0.1) is 12.6 Å². The van der Waals surface area contributed by atoms with Gasteiger partial charge in [0, 0.05) is 17.3 Å². The van der Waals surface area contributed by atoms with Crippen LogP contribution in [0.1, 0.15) is 27.7 Å². The van der Waals surface area contributed by atoms with Crippen molar-refractivity contribution >= 4 is 29.1 Å². The molecule has 0 radical (unpaired) electrons. The molecule has 0 heterocycles. The van der Waals surface area contributed by atoms with Crippen molar-refractivity contribution in [3.05, 3.63) is 24.3 Å². The van der Waals surface area contributed by atoms with Crippen molar-refractivity contribution in [2.45, 2.75) is 33.7 Å². The van der Waals surface area contributed by atoms with Gasteiger partial charge in [-0.05, 0) is 30.2 Å². The molecule has 3 amide bonds. The molecular formula is C17H26N4O3. The summed E-state index contributed by atoms with van der Waals surface area (Å²) in [6, 6.07) is 6.11. The summed E-state index contributed by atoms with van der Waals surface area (Å²) < 4.78 is 0. The number of benzene rings is 1. The minimum absolute atomic E-state index is 0.00153. The minimum atomic E-state index is -0.637. The Labute approximate surface area is 142 Å². The SMILES string of the molecule is CC(C)C(=O)Nc1ccc(NC(=O)CNC(=O)[C@@H](N)C(C)C)cc1. The van der Waals surface area contributed by atoms with Crippen molar-refractivity contribution in [1.29, 1.82) is 0 Å². The second-order valence-corrected chi connectivity index (χ2v) is 6.26. The number of nitrogens with two attached hydrogens (primary N) is 1. The van der Waals surface area contributed by atoms with Crippen LogP contribution in [0.25, 0.3) is 0 Å². The van der Waals surface area contributed by atoms with Gasteiger partial charge in [-0.1, -0.05) is 27.7 Å². The molecule has 0 aliphatic rings. The van der Waals surface area contributed by atoms with Gasteiger partial charge in [-0.2, -0.15) is 0 Å². The van der Waals surface area contributed by atoms with Crippen molar-refractivity contribution in [3.8, 4) is 0 Å². The van der Waals surface area contributed by atoms with Gasteiger partial charge in [0.1, 0.15) is 0 Å². The van der Waals surface area contributed by atoms with Crippen molar-refractivity contribution in [2.75, 3.05) is 17.2 Å². The molecule has 0 aromatic heterocycles. The van der Waals surface area contributed by atoms with E-state index in [9.17, 15) is 14.4 Å². The third kappa shape index (κ3) is 6.37. The summed E-state index contributed by atoms with van der Waals surface area (Å²) in [5.41, 5.74) is 6.93. The topological polar surface area (TPSA) is 113 Å². The zero-order valence-electron chi connectivity index (χ0n) is 14.6. The molecule has 0 aliphatic carbocycles. The molecule has 0 unspecified atom stereocenters. The Morgan fingerprint density at radius 3 is 1.88 bits per heavy atom. The van der Waals surface area contributed by atoms with Crippen molar-refractivity contribution in [3.63, 3.8) is 0 Å². The van der Waals surface area contributed by atoms with Gasteiger partial charge in [0.2, 0.25) is 17.7 Å². The van der Waals surface area contributed by atoms with Crippen LogP contribution in [0.4, 0.5) is 11.4 Å². The largest absolute Gasteiger partial charge is 0.346 e. The van der Waals surface area contributed by atoms with Crippen molar-refractivity contribution < 1.29 is 14.4 Å². The van der Waals surface area contributed by atoms with E-state index in [1.807, 2.05) is 27.7 Å². The minimum Gasteiger partial charge on any atom is -0.346 e. The van der Waals surface area contributed by atoms with E-state index in [0.717, 1.165) is 0 Å². The van der Waals surface area contributed by atoms with E-state index in [4.69, 9.17) is 5.73 Å². The first kappa shape index (κ1) is 19.6. The standard InChI is InChI=1S/C17H26N4O3/c1-10(2)15(18)17(24)19-9-14(22)20-12-5-7-13(8-6-12)21-16(23)11(3)4/h5-8,10-11,15H,9,18H2,1-4H3,(H,19,24)(H,20,22)(H,21,23)/t15-/m0/s1. The van der Waals surface area contributed by atoms with Crippen LogP contribution >= 0.6 is 0 Å². The number of rotatable bonds is 7. The fourth-order valence-corrected chi connectivity index (χ4v) is 1.72. The number of nitrogens with one attached hydrogen (secondary N) is 3. The first-order valence-corrected chi connectivity index (χ1v) is 7.94. The lowest BCUT2D eigenvalue weighted by Crippen LogP contribution is -2.46. The van der Waals surface area contributed by atoms with Crippen LogP contribution in [-0.4, -0.2) is 30.3 Å². The van der Waals surface area contributed by atoms with E-state index in [1.54, 1.807) is 24.3 Å². The maximum atomic E-state index is 11.8. The number of anilines is 2. The normalized spacial score (nSPS) is 12.0.